The van der Waals surface area contributed by atoms with E-state index in [1.165, 1.54) is 6.92 Å². The summed E-state index contributed by atoms with van der Waals surface area (Å²) in [6.45, 7) is 4.91. The third-order valence-electron chi connectivity index (χ3n) is 5.07. The second-order valence-corrected chi connectivity index (χ2v) is 6.82. The summed E-state index contributed by atoms with van der Waals surface area (Å²) in [4.78, 5) is 30.4. The number of amides is 2. The minimum atomic E-state index is -0.0525. The predicted octanol–water partition coefficient (Wildman–Crippen LogP) is 2.79. The largest absolute Gasteiger partial charge is 0.497 e. The normalized spacial score (nSPS) is 13.9. The maximum absolute atomic E-state index is 12.6. The molecule has 3 rings (SSSR count). The first-order valence-electron chi connectivity index (χ1n) is 9.58. The lowest BCUT2D eigenvalue weighted by molar-refractivity contribution is -0.131. The van der Waals surface area contributed by atoms with Crippen molar-refractivity contribution in [1.29, 1.82) is 0 Å². The van der Waals surface area contributed by atoms with Gasteiger partial charge in [0.1, 0.15) is 5.75 Å². The van der Waals surface area contributed by atoms with Crippen LogP contribution in [-0.2, 0) is 9.59 Å². The minimum absolute atomic E-state index is 0.0525. The number of para-hydroxylation sites is 1. The standard InChI is InChI=1S/C22H27N3O3/c1-18(26)25(20-6-4-3-5-7-20)13-12-22(27)24-16-14-23(15-17-24)19-8-10-21(28-2)11-9-19/h3-11H,12-17H2,1-2H3. The highest BCUT2D eigenvalue weighted by Crippen LogP contribution is 2.21. The summed E-state index contributed by atoms with van der Waals surface area (Å²) >= 11 is 0. The van der Waals surface area contributed by atoms with Crippen molar-refractivity contribution in [3.05, 3.63) is 54.6 Å². The molecule has 0 aromatic heterocycles. The van der Waals surface area contributed by atoms with Crippen molar-refractivity contribution >= 4 is 23.2 Å². The highest BCUT2D eigenvalue weighted by Gasteiger charge is 2.22. The summed E-state index contributed by atoms with van der Waals surface area (Å²) in [5, 5.41) is 0. The van der Waals surface area contributed by atoms with Crippen molar-refractivity contribution in [1.82, 2.24) is 4.90 Å². The van der Waals surface area contributed by atoms with Gasteiger partial charge in [-0.15, -0.1) is 0 Å². The molecule has 0 saturated carbocycles. The van der Waals surface area contributed by atoms with Crippen molar-refractivity contribution in [2.24, 2.45) is 0 Å². The number of carbonyl (C=O) groups is 2. The number of carbonyl (C=O) groups excluding carboxylic acids is 2. The smallest absolute Gasteiger partial charge is 0.224 e. The van der Waals surface area contributed by atoms with E-state index in [9.17, 15) is 9.59 Å². The van der Waals surface area contributed by atoms with E-state index in [4.69, 9.17) is 4.74 Å². The molecule has 28 heavy (non-hydrogen) atoms. The minimum Gasteiger partial charge on any atom is -0.497 e. The highest BCUT2D eigenvalue weighted by molar-refractivity contribution is 5.92. The molecule has 1 aliphatic rings. The Kier molecular flexibility index (Phi) is 6.53. The van der Waals surface area contributed by atoms with Gasteiger partial charge in [-0.05, 0) is 36.4 Å². The molecule has 6 heteroatoms. The van der Waals surface area contributed by atoms with Gasteiger partial charge in [-0.2, -0.15) is 0 Å². The Bertz CT molecular complexity index is 784. The molecular weight excluding hydrogens is 354 g/mol. The van der Waals surface area contributed by atoms with E-state index in [1.54, 1.807) is 12.0 Å². The number of benzene rings is 2. The zero-order chi connectivity index (χ0) is 19.9. The van der Waals surface area contributed by atoms with Crippen LogP contribution in [0.3, 0.4) is 0 Å². The van der Waals surface area contributed by atoms with Crippen LogP contribution in [0.25, 0.3) is 0 Å². The van der Waals surface area contributed by atoms with Crippen molar-refractivity contribution in [2.45, 2.75) is 13.3 Å². The van der Waals surface area contributed by atoms with E-state index in [0.29, 0.717) is 26.1 Å². The quantitative estimate of drug-likeness (QED) is 0.772. The van der Waals surface area contributed by atoms with Crippen LogP contribution in [0.15, 0.2) is 54.6 Å². The summed E-state index contributed by atoms with van der Waals surface area (Å²) in [5.41, 5.74) is 1.96. The first-order chi connectivity index (χ1) is 13.6. The van der Waals surface area contributed by atoms with Crippen LogP contribution in [0.1, 0.15) is 13.3 Å². The van der Waals surface area contributed by atoms with Crippen LogP contribution in [-0.4, -0.2) is 56.5 Å². The van der Waals surface area contributed by atoms with Gasteiger partial charge in [-0.25, -0.2) is 0 Å². The number of methoxy groups -OCH3 is 1. The molecule has 0 radical (unpaired) electrons. The van der Waals surface area contributed by atoms with Crippen LogP contribution >= 0.6 is 0 Å². The zero-order valence-corrected chi connectivity index (χ0v) is 16.5. The maximum Gasteiger partial charge on any atom is 0.224 e. The number of piperazine rings is 1. The van der Waals surface area contributed by atoms with Gasteiger partial charge in [0, 0.05) is 57.4 Å². The Morgan fingerprint density at radius 1 is 0.964 bits per heavy atom. The molecule has 0 unspecified atom stereocenters. The monoisotopic (exact) mass is 381 g/mol. The fraction of sp³-hybridized carbons (Fsp3) is 0.364. The lowest BCUT2D eigenvalue weighted by Crippen LogP contribution is -2.49. The van der Waals surface area contributed by atoms with Gasteiger partial charge < -0.3 is 19.4 Å². The second-order valence-electron chi connectivity index (χ2n) is 6.82. The summed E-state index contributed by atoms with van der Waals surface area (Å²) in [7, 11) is 1.66. The molecule has 0 N–H and O–H groups in total. The third-order valence-corrected chi connectivity index (χ3v) is 5.07. The molecular formula is C22H27N3O3. The lowest BCUT2D eigenvalue weighted by atomic mass is 10.2. The first-order valence-corrected chi connectivity index (χ1v) is 9.58. The lowest BCUT2D eigenvalue weighted by Gasteiger charge is -2.36. The molecule has 0 atom stereocenters. The number of ether oxygens (including phenoxy) is 1. The predicted molar refractivity (Wildman–Crippen MR) is 111 cm³/mol. The molecule has 1 heterocycles. The van der Waals surface area contributed by atoms with Gasteiger partial charge in [-0.3, -0.25) is 9.59 Å². The van der Waals surface area contributed by atoms with E-state index in [2.05, 4.69) is 4.90 Å². The average Bonchev–Trinajstić information content (AvgIpc) is 2.74. The number of nitrogens with zero attached hydrogens (tertiary/aromatic N) is 3. The summed E-state index contributed by atoms with van der Waals surface area (Å²) in [5.74, 6) is 0.880. The van der Waals surface area contributed by atoms with Crippen LogP contribution in [0.5, 0.6) is 5.75 Å². The van der Waals surface area contributed by atoms with Crippen LogP contribution in [0.2, 0.25) is 0 Å². The number of anilines is 2. The van der Waals surface area contributed by atoms with Crippen LogP contribution in [0.4, 0.5) is 11.4 Å². The molecule has 1 aliphatic heterocycles. The van der Waals surface area contributed by atoms with Gasteiger partial charge in [0.05, 0.1) is 7.11 Å². The van der Waals surface area contributed by atoms with Gasteiger partial charge in [0.2, 0.25) is 11.8 Å². The van der Waals surface area contributed by atoms with Crippen molar-refractivity contribution < 1.29 is 14.3 Å². The first kappa shape index (κ1) is 19.7. The van der Waals surface area contributed by atoms with Crippen molar-refractivity contribution in [2.75, 3.05) is 49.6 Å². The van der Waals surface area contributed by atoms with Crippen LogP contribution < -0.4 is 14.5 Å². The van der Waals surface area contributed by atoms with E-state index in [0.717, 1.165) is 30.2 Å². The number of rotatable bonds is 6. The Hall–Kier alpha value is -3.02. The molecule has 148 valence electrons. The summed E-state index contributed by atoms with van der Waals surface area (Å²) in [6, 6.07) is 17.5. The Morgan fingerprint density at radius 2 is 1.61 bits per heavy atom. The molecule has 0 aliphatic carbocycles. The van der Waals surface area contributed by atoms with Gasteiger partial charge in [0.25, 0.3) is 0 Å². The summed E-state index contributed by atoms with van der Waals surface area (Å²) in [6.07, 6.45) is 0.330. The van der Waals surface area contributed by atoms with E-state index in [-0.39, 0.29) is 11.8 Å². The molecule has 0 spiro atoms. The molecule has 0 bridgehead atoms. The molecule has 6 nitrogen and oxygen atoms in total. The van der Waals surface area contributed by atoms with E-state index in [1.807, 2.05) is 59.5 Å². The molecule has 1 fully saturated rings. The molecule has 1 saturated heterocycles. The summed E-state index contributed by atoms with van der Waals surface area (Å²) < 4.78 is 5.20. The topological polar surface area (TPSA) is 53.1 Å². The Balaban J connectivity index is 1.51. The Morgan fingerprint density at radius 3 is 2.18 bits per heavy atom. The highest BCUT2D eigenvalue weighted by atomic mass is 16.5. The third kappa shape index (κ3) is 4.82. The second kappa shape index (κ2) is 9.26. The SMILES string of the molecule is COc1ccc(N2CCN(C(=O)CCN(C(C)=O)c3ccccc3)CC2)cc1. The number of hydrogen-bond donors (Lipinski definition) is 0. The Labute approximate surface area is 166 Å². The van der Waals surface area contributed by atoms with Crippen LogP contribution in [0, 0.1) is 0 Å². The average molecular weight is 381 g/mol. The fourth-order valence-electron chi connectivity index (χ4n) is 3.45. The molecule has 2 aromatic rings. The molecule has 2 amide bonds. The maximum atomic E-state index is 12.6. The van der Waals surface area contributed by atoms with Gasteiger partial charge in [0.15, 0.2) is 0 Å². The van der Waals surface area contributed by atoms with Gasteiger partial charge in [-0.1, -0.05) is 18.2 Å². The number of hydrogen-bond acceptors (Lipinski definition) is 4. The van der Waals surface area contributed by atoms with E-state index < -0.39 is 0 Å². The fourth-order valence-corrected chi connectivity index (χ4v) is 3.45. The van der Waals surface area contributed by atoms with Crippen molar-refractivity contribution in [3.8, 4) is 5.75 Å². The van der Waals surface area contributed by atoms with E-state index >= 15 is 0 Å². The van der Waals surface area contributed by atoms with Crippen molar-refractivity contribution in [3.63, 3.8) is 0 Å². The molecule has 2 aromatic carbocycles. The van der Waals surface area contributed by atoms with Gasteiger partial charge >= 0.3 is 0 Å². The zero-order valence-electron chi connectivity index (χ0n) is 16.5.